The SMILES string of the molecule is CC(C)N1CCC(CNC(=O)c2ccc([N+](=O)[O-])cc2)CC1. The molecule has 1 aliphatic heterocycles. The molecule has 0 aromatic heterocycles. The first-order valence-corrected chi connectivity index (χ1v) is 7.74. The molecule has 0 spiro atoms. The molecule has 0 bridgehead atoms. The van der Waals surface area contributed by atoms with Crippen LogP contribution in [0.4, 0.5) is 5.69 Å². The van der Waals surface area contributed by atoms with E-state index in [0.29, 0.717) is 24.1 Å². The van der Waals surface area contributed by atoms with Gasteiger partial charge in [-0.2, -0.15) is 0 Å². The average molecular weight is 305 g/mol. The van der Waals surface area contributed by atoms with Gasteiger partial charge in [0.15, 0.2) is 0 Å². The topological polar surface area (TPSA) is 75.5 Å². The number of carbonyl (C=O) groups excluding carboxylic acids is 1. The van der Waals surface area contributed by atoms with Crippen molar-refractivity contribution in [2.24, 2.45) is 5.92 Å². The number of likely N-dealkylation sites (tertiary alicyclic amines) is 1. The van der Waals surface area contributed by atoms with Crippen molar-refractivity contribution in [3.8, 4) is 0 Å². The van der Waals surface area contributed by atoms with Crippen LogP contribution >= 0.6 is 0 Å². The van der Waals surface area contributed by atoms with Gasteiger partial charge in [-0.3, -0.25) is 14.9 Å². The molecule has 22 heavy (non-hydrogen) atoms. The van der Waals surface area contributed by atoms with Gasteiger partial charge in [0.25, 0.3) is 11.6 Å². The third-order valence-corrected chi connectivity index (χ3v) is 4.27. The Labute approximate surface area is 130 Å². The van der Waals surface area contributed by atoms with Gasteiger partial charge in [0.05, 0.1) is 4.92 Å². The monoisotopic (exact) mass is 305 g/mol. The van der Waals surface area contributed by atoms with Crippen LogP contribution in [0.3, 0.4) is 0 Å². The van der Waals surface area contributed by atoms with Crippen molar-refractivity contribution in [1.29, 1.82) is 0 Å². The summed E-state index contributed by atoms with van der Waals surface area (Å²) in [5.74, 6) is 0.346. The molecule has 0 radical (unpaired) electrons. The molecule has 1 aromatic rings. The Bertz CT molecular complexity index is 520. The number of nitro benzene ring substituents is 1. The molecule has 1 amide bonds. The van der Waals surface area contributed by atoms with Crippen molar-refractivity contribution in [2.75, 3.05) is 19.6 Å². The highest BCUT2D eigenvalue weighted by molar-refractivity contribution is 5.94. The number of piperidine rings is 1. The van der Waals surface area contributed by atoms with Gasteiger partial charge in [-0.25, -0.2) is 0 Å². The number of benzene rings is 1. The maximum atomic E-state index is 12.0. The van der Waals surface area contributed by atoms with Gasteiger partial charge < -0.3 is 10.2 Å². The standard InChI is InChI=1S/C16H23N3O3/c1-12(2)18-9-7-13(8-10-18)11-17-16(20)14-3-5-15(6-4-14)19(21)22/h3-6,12-13H,7-11H2,1-2H3,(H,17,20). The minimum Gasteiger partial charge on any atom is -0.352 e. The minimum absolute atomic E-state index is 0.00222. The normalized spacial score (nSPS) is 16.7. The van der Waals surface area contributed by atoms with E-state index >= 15 is 0 Å². The molecule has 1 heterocycles. The van der Waals surface area contributed by atoms with E-state index in [0.717, 1.165) is 25.9 Å². The van der Waals surface area contributed by atoms with Crippen LogP contribution < -0.4 is 5.32 Å². The zero-order valence-electron chi connectivity index (χ0n) is 13.1. The smallest absolute Gasteiger partial charge is 0.269 e. The van der Waals surface area contributed by atoms with Gasteiger partial charge in [-0.1, -0.05) is 0 Å². The van der Waals surface area contributed by atoms with E-state index < -0.39 is 4.92 Å². The Balaban J connectivity index is 1.79. The number of nitrogens with zero attached hydrogens (tertiary/aromatic N) is 2. The summed E-state index contributed by atoms with van der Waals surface area (Å²) in [4.78, 5) is 24.6. The van der Waals surface area contributed by atoms with Crippen molar-refractivity contribution < 1.29 is 9.72 Å². The van der Waals surface area contributed by atoms with Crippen molar-refractivity contribution in [2.45, 2.75) is 32.7 Å². The Morgan fingerprint density at radius 3 is 2.41 bits per heavy atom. The molecule has 0 aliphatic carbocycles. The Morgan fingerprint density at radius 1 is 1.32 bits per heavy atom. The largest absolute Gasteiger partial charge is 0.352 e. The van der Waals surface area contributed by atoms with E-state index in [-0.39, 0.29) is 11.6 Å². The van der Waals surface area contributed by atoms with Crippen LogP contribution in [0.1, 0.15) is 37.0 Å². The predicted octanol–water partition coefficient (Wildman–Crippen LogP) is 2.45. The summed E-state index contributed by atoms with van der Waals surface area (Å²) < 4.78 is 0. The highest BCUT2D eigenvalue weighted by atomic mass is 16.6. The zero-order chi connectivity index (χ0) is 16.1. The number of nitrogens with one attached hydrogen (secondary N) is 1. The highest BCUT2D eigenvalue weighted by Crippen LogP contribution is 2.18. The molecule has 1 fully saturated rings. The fourth-order valence-corrected chi connectivity index (χ4v) is 2.75. The lowest BCUT2D eigenvalue weighted by atomic mass is 9.96. The number of amides is 1. The van der Waals surface area contributed by atoms with Crippen LogP contribution in [0.15, 0.2) is 24.3 Å². The van der Waals surface area contributed by atoms with Gasteiger partial charge in [0.2, 0.25) is 0 Å². The molecule has 0 unspecified atom stereocenters. The Morgan fingerprint density at radius 2 is 1.91 bits per heavy atom. The van der Waals surface area contributed by atoms with E-state index in [2.05, 4.69) is 24.1 Å². The second-order valence-corrected chi connectivity index (χ2v) is 6.09. The van der Waals surface area contributed by atoms with E-state index in [1.165, 1.54) is 24.3 Å². The molecule has 6 heteroatoms. The molecule has 1 saturated heterocycles. The van der Waals surface area contributed by atoms with Crippen LogP contribution in [-0.2, 0) is 0 Å². The van der Waals surface area contributed by atoms with Crippen LogP contribution in [0.25, 0.3) is 0 Å². The summed E-state index contributed by atoms with van der Waals surface area (Å²) in [6, 6.07) is 6.28. The highest BCUT2D eigenvalue weighted by Gasteiger charge is 2.21. The van der Waals surface area contributed by atoms with Crippen molar-refractivity contribution in [3.05, 3.63) is 39.9 Å². The maximum Gasteiger partial charge on any atom is 0.269 e. The summed E-state index contributed by atoms with van der Waals surface area (Å²) in [5, 5.41) is 13.5. The number of hydrogen-bond acceptors (Lipinski definition) is 4. The number of non-ortho nitro benzene ring substituents is 1. The lowest BCUT2D eigenvalue weighted by Crippen LogP contribution is -2.41. The molecule has 1 aromatic carbocycles. The van der Waals surface area contributed by atoms with Crippen molar-refractivity contribution in [1.82, 2.24) is 10.2 Å². The molecule has 1 aliphatic rings. The van der Waals surface area contributed by atoms with Gasteiger partial charge in [0.1, 0.15) is 0 Å². The Kier molecular flexibility index (Phi) is 5.49. The molecule has 0 saturated carbocycles. The van der Waals surface area contributed by atoms with Gasteiger partial charge in [0, 0.05) is 30.3 Å². The molecule has 120 valence electrons. The number of hydrogen-bond donors (Lipinski definition) is 1. The fraction of sp³-hybridized carbons (Fsp3) is 0.562. The number of nitro groups is 1. The summed E-state index contributed by atoms with van der Waals surface area (Å²) in [5.41, 5.74) is 0.461. The lowest BCUT2D eigenvalue weighted by Gasteiger charge is -2.34. The van der Waals surface area contributed by atoms with Crippen LogP contribution in [0.5, 0.6) is 0 Å². The molecule has 0 atom stereocenters. The summed E-state index contributed by atoms with van der Waals surface area (Å²) >= 11 is 0. The first-order valence-electron chi connectivity index (χ1n) is 7.74. The minimum atomic E-state index is -0.468. The molecular formula is C16H23N3O3. The number of carbonyl (C=O) groups is 1. The first kappa shape index (κ1) is 16.4. The third kappa shape index (κ3) is 4.27. The first-order chi connectivity index (χ1) is 10.5. The average Bonchev–Trinajstić information content (AvgIpc) is 2.53. The molecular weight excluding hydrogens is 282 g/mol. The summed E-state index contributed by atoms with van der Waals surface area (Å²) in [7, 11) is 0. The Hall–Kier alpha value is -1.95. The van der Waals surface area contributed by atoms with Crippen molar-refractivity contribution >= 4 is 11.6 Å². The maximum absolute atomic E-state index is 12.0. The van der Waals surface area contributed by atoms with E-state index in [4.69, 9.17) is 0 Å². The van der Waals surface area contributed by atoms with E-state index in [9.17, 15) is 14.9 Å². The van der Waals surface area contributed by atoms with Crippen LogP contribution in [-0.4, -0.2) is 41.4 Å². The van der Waals surface area contributed by atoms with Crippen LogP contribution in [0.2, 0.25) is 0 Å². The molecule has 6 nitrogen and oxygen atoms in total. The summed E-state index contributed by atoms with van der Waals surface area (Å²) in [6.45, 7) is 7.24. The predicted molar refractivity (Wildman–Crippen MR) is 84.9 cm³/mol. The van der Waals surface area contributed by atoms with Gasteiger partial charge >= 0.3 is 0 Å². The second kappa shape index (κ2) is 7.35. The zero-order valence-corrected chi connectivity index (χ0v) is 13.1. The van der Waals surface area contributed by atoms with E-state index in [1.54, 1.807) is 0 Å². The number of rotatable bonds is 5. The van der Waals surface area contributed by atoms with Gasteiger partial charge in [-0.15, -0.1) is 0 Å². The van der Waals surface area contributed by atoms with Crippen LogP contribution in [0, 0.1) is 16.0 Å². The quantitative estimate of drug-likeness (QED) is 0.669. The fourth-order valence-electron chi connectivity index (χ4n) is 2.75. The van der Waals surface area contributed by atoms with Gasteiger partial charge in [-0.05, 0) is 57.8 Å². The van der Waals surface area contributed by atoms with Crippen molar-refractivity contribution in [3.63, 3.8) is 0 Å². The molecule has 2 rings (SSSR count). The second-order valence-electron chi connectivity index (χ2n) is 6.09. The third-order valence-electron chi connectivity index (χ3n) is 4.27. The van der Waals surface area contributed by atoms with E-state index in [1.807, 2.05) is 0 Å². The molecule has 1 N–H and O–H groups in total. The summed E-state index contributed by atoms with van der Waals surface area (Å²) in [6.07, 6.45) is 2.19. The lowest BCUT2D eigenvalue weighted by molar-refractivity contribution is -0.384.